The molecule has 0 aliphatic carbocycles. The van der Waals surface area contributed by atoms with Gasteiger partial charge in [-0.3, -0.25) is 19.7 Å². The van der Waals surface area contributed by atoms with E-state index in [2.05, 4.69) is 5.32 Å². The molecule has 0 spiro atoms. The summed E-state index contributed by atoms with van der Waals surface area (Å²) in [5.74, 6) is -1.20. The molecular formula is C18H17ClN2O5S. The molecule has 1 N–H and O–H groups in total. The molecule has 0 unspecified atom stereocenters. The van der Waals surface area contributed by atoms with Crippen LogP contribution in [0.25, 0.3) is 0 Å². The number of hydrogen-bond donors (Lipinski definition) is 1. The number of rotatable bonds is 7. The maximum atomic E-state index is 11.9. The Hall–Kier alpha value is -2.58. The summed E-state index contributed by atoms with van der Waals surface area (Å²) in [4.78, 5) is 35.0. The first-order valence-corrected chi connectivity index (χ1v) is 9.22. The minimum atomic E-state index is -0.690. The van der Waals surface area contributed by atoms with Crippen LogP contribution in [0.1, 0.15) is 11.1 Å². The first kappa shape index (κ1) is 20.7. The minimum absolute atomic E-state index is 0.0501. The number of anilines is 1. The van der Waals surface area contributed by atoms with Gasteiger partial charge in [0.05, 0.1) is 10.7 Å². The van der Waals surface area contributed by atoms with E-state index in [0.29, 0.717) is 0 Å². The third kappa shape index (κ3) is 6.26. The number of ether oxygens (including phenoxy) is 1. The Morgan fingerprint density at radius 2 is 1.96 bits per heavy atom. The summed E-state index contributed by atoms with van der Waals surface area (Å²) in [5, 5.41) is 13.5. The molecule has 0 fully saturated rings. The van der Waals surface area contributed by atoms with Crippen molar-refractivity contribution in [1.29, 1.82) is 0 Å². The monoisotopic (exact) mass is 408 g/mol. The van der Waals surface area contributed by atoms with Crippen molar-refractivity contribution < 1.29 is 19.2 Å². The van der Waals surface area contributed by atoms with E-state index in [1.807, 2.05) is 32.0 Å². The molecule has 2 rings (SSSR count). The van der Waals surface area contributed by atoms with Crippen LogP contribution in [-0.2, 0) is 14.3 Å². The van der Waals surface area contributed by atoms with E-state index in [1.165, 1.54) is 30.0 Å². The quantitative estimate of drug-likeness (QED) is 0.320. The normalized spacial score (nSPS) is 10.3. The number of thioether (sulfide) groups is 1. The summed E-state index contributed by atoms with van der Waals surface area (Å²) in [6.45, 7) is 3.39. The van der Waals surface area contributed by atoms with Gasteiger partial charge in [-0.05, 0) is 37.6 Å². The van der Waals surface area contributed by atoms with Crippen LogP contribution in [-0.4, -0.2) is 29.2 Å². The molecule has 0 aliphatic heterocycles. The Morgan fingerprint density at radius 3 is 2.63 bits per heavy atom. The summed E-state index contributed by atoms with van der Waals surface area (Å²) < 4.78 is 4.92. The molecule has 2 aromatic carbocycles. The van der Waals surface area contributed by atoms with Gasteiger partial charge in [0, 0.05) is 16.0 Å². The van der Waals surface area contributed by atoms with Crippen LogP contribution < -0.4 is 5.32 Å². The van der Waals surface area contributed by atoms with Crippen LogP contribution >= 0.6 is 23.4 Å². The highest BCUT2D eigenvalue weighted by Crippen LogP contribution is 2.27. The Labute approximate surface area is 165 Å². The zero-order valence-corrected chi connectivity index (χ0v) is 16.2. The lowest BCUT2D eigenvalue weighted by molar-refractivity contribution is -0.383. The van der Waals surface area contributed by atoms with Gasteiger partial charge >= 0.3 is 5.97 Å². The summed E-state index contributed by atoms with van der Waals surface area (Å²) >= 11 is 7.11. The first-order valence-electron chi connectivity index (χ1n) is 7.85. The zero-order valence-electron chi connectivity index (χ0n) is 14.7. The Kier molecular flexibility index (Phi) is 7.20. The van der Waals surface area contributed by atoms with Crippen molar-refractivity contribution in [2.75, 3.05) is 17.7 Å². The number of esters is 1. The molecule has 142 valence electrons. The number of halogens is 1. The molecule has 0 aliphatic rings. The summed E-state index contributed by atoms with van der Waals surface area (Å²) in [6, 6.07) is 9.68. The molecule has 0 heterocycles. The highest BCUT2D eigenvalue weighted by atomic mass is 35.5. The van der Waals surface area contributed by atoms with Gasteiger partial charge < -0.3 is 10.1 Å². The standard InChI is InChI=1S/C18H17ClN2O5S/c1-11-3-6-16(12(2)7-11)27-10-18(23)26-9-17(22)20-14-8-13(19)4-5-15(14)21(24)25/h3-8H,9-10H2,1-2H3,(H,20,22). The van der Waals surface area contributed by atoms with Crippen molar-refractivity contribution in [3.8, 4) is 0 Å². The zero-order chi connectivity index (χ0) is 20.0. The molecule has 0 radical (unpaired) electrons. The molecule has 2 aromatic rings. The molecule has 7 nitrogen and oxygen atoms in total. The molecular weight excluding hydrogens is 392 g/mol. The van der Waals surface area contributed by atoms with Crippen molar-refractivity contribution in [1.82, 2.24) is 0 Å². The van der Waals surface area contributed by atoms with E-state index in [1.54, 1.807) is 0 Å². The Balaban J connectivity index is 1.86. The van der Waals surface area contributed by atoms with Gasteiger partial charge in [-0.2, -0.15) is 0 Å². The number of carbonyl (C=O) groups excluding carboxylic acids is 2. The third-order valence-electron chi connectivity index (χ3n) is 3.47. The average Bonchev–Trinajstić information content (AvgIpc) is 2.59. The van der Waals surface area contributed by atoms with Crippen molar-refractivity contribution in [3.63, 3.8) is 0 Å². The molecule has 1 amide bonds. The SMILES string of the molecule is Cc1ccc(SCC(=O)OCC(=O)Nc2cc(Cl)ccc2[N+](=O)[O-])c(C)c1. The fourth-order valence-corrected chi connectivity index (χ4v) is 3.22. The molecule has 0 aromatic heterocycles. The number of hydrogen-bond acceptors (Lipinski definition) is 6. The van der Waals surface area contributed by atoms with Crippen LogP contribution in [0.4, 0.5) is 11.4 Å². The molecule has 9 heteroatoms. The first-order chi connectivity index (χ1) is 12.8. The predicted molar refractivity (Wildman–Crippen MR) is 104 cm³/mol. The van der Waals surface area contributed by atoms with Crippen LogP contribution in [0.5, 0.6) is 0 Å². The van der Waals surface area contributed by atoms with Crippen molar-refractivity contribution in [2.24, 2.45) is 0 Å². The van der Waals surface area contributed by atoms with E-state index in [4.69, 9.17) is 16.3 Å². The van der Waals surface area contributed by atoms with Crippen LogP contribution in [0.2, 0.25) is 5.02 Å². The number of carbonyl (C=O) groups is 2. The molecule has 0 saturated heterocycles. The number of nitro benzene ring substituents is 1. The predicted octanol–water partition coefficient (Wildman–Crippen LogP) is 4.14. The lowest BCUT2D eigenvalue weighted by atomic mass is 10.2. The number of nitrogens with zero attached hydrogens (tertiary/aromatic N) is 1. The van der Waals surface area contributed by atoms with E-state index >= 15 is 0 Å². The van der Waals surface area contributed by atoms with Gasteiger partial charge in [-0.15, -0.1) is 11.8 Å². The van der Waals surface area contributed by atoms with Crippen LogP contribution in [0.3, 0.4) is 0 Å². The topological polar surface area (TPSA) is 98.5 Å². The van der Waals surface area contributed by atoms with Gasteiger partial charge in [-0.25, -0.2) is 0 Å². The summed E-state index contributed by atoms with van der Waals surface area (Å²) in [6.07, 6.45) is 0. The van der Waals surface area contributed by atoms with Crippen molar-refractivity contribution in [2.45, 2.75) is 18.7 Å². The third-order valence-corrected chi connectivity index (χ3v) is 4.85. The molecule has 0 bridgehead atoms. The second-order valence-electron chi connectivity index (χ2n) is 5.69. The van der Waals surface area contributed by atoms with E-state index in [-0.39, 0.29) is 22.2 Å². The second-order valence-corrected chi connectivity index (χ2v) is 7.14. The van der Waals surface area contributed by atoms with Crippen LogP contribution in [0, 0.1) is 24.0 Å². The van der Waals surface area contributed by atoms with E-state index in [9.17, 15) is 19.7 Å². The Bertz CT molecular complexity index is 888. The van der Waals surface area contributed by atoms with Crippen molar-refractivity contribution in [3.05, 3.63) is 62.7 Å². The lowest BCUT2D eigenvalue weighted by Gasteiger charge is -2.08. The van der Waals surface area contributed by atoms with E-state index in [0.717, 1.165) is 16.0 Å². The second kappa shape index (κ2) is 9.38. The maximum absolute atomic E-state index is 11.9. The highest BCUT2D eigenvalue weighted by Gasteiger charge is 2.17. The molecule has 0 atom stereocenters. The van der Waals surface area contributed by atoms with E-state index < -0.39 is 23.4 Å². The van der Waals surface area contributed by atoms with Gasteiger partial charge in [0.2, 0.25) is 0 Å². The van der Waals surface area contributed by atoms with Gasteiger partial charge in [0.1, 0.15) is 5.69 Å². The number of amides is 1. The van der Waals surface area contributed by atoms with Gasteiger partial charge in [0.25, 0.3) is 11.6 Å². The average molecular weight is 409 g/mol. The highest BCUT2D eigenvalue weighted by molar-refractivity contribution is 8.00. The summed E-state index contributed by atoms with van der Waals surface area (Å²) in [5.41, 5.74) is 1.83. The van der Waals surface area contributed by atoms with Crippen LogP contribution in [0.15, 0.2) is 41.3 Å². The van der Waals surface area contributed by atoms with Crippen molar-refractivity contribution >= 4 is 46.6 Å². The maximum Gasteiger partial charge on any atom is 0.316 e. The molecule has 27 heavy (non-hydrogen) atoms. The van der Waals surface area contributed by atoms with Gasteiger partial charge in [-0.1, -0.05) is 29.3 Å². The fraction of sp³-hybridized carbons (Fsp3) is 0.222. The minimum Gasteiger partial charge on any atom is -0.455 e. The number of benzene rings is 2. The largest absolute Gasteiger partial charge is 0.455 e. The smallest absolute Gasteiger partial charge is 0.316 e. The number of nitro groups is 1. The summed E-state index contributed by atoms with van der Waals surface area (Å²) in [7, 11) is 0. The number of aryl methyl sites for hydroxylation is 2. The Morgan fingerprint density at radius 1 is 1.22 bits per heavy atom. The lowest BCUT2D eigenvalue weighted by Crippen LogP contribution is -2.22. The number of nitrogens with one attached hydrogen (secondary N) is 1. The van der Waals surface area contributed by atoms with Gasteiger partial charge in [0.15, 0.2) is 6.61 Å². The molecule has 0 saturated carbocycles. The fourth-order valence-electron chi connectivity index (χ4n) is 2.24.